The Balaban J connectivity index is 4.98. The van der Waals surface area contributed by atoms with E-state index in [1.165, 1.54) is 7.11 Å². The van der Waals surface area contributed by atoms with Gasteiger partial charge in [-0.25, -0.2) is 9.80 Å². The molecule has 0 heterocycles. The van der Waals surface area contributed by atoms with Gasteiger partial charge in [-0.2, -0.15) is 0 Å². The number of nitrogens with one attached hydrogen (secondary N) is 4. The van der Waals surface area contributed by atoms with Gasteiger partial charge >= 0.3 is 12.1 Å². The number of hydrazine groups is 1. The Morgan fingerprint density at radius 2 is 1.45 bits per heavy atom. The lowest BCUT2D eigenvalue weighted by Gasteiger charge is -2.33. The van der Waals surface area contributed by atoms with Crippen LogP contribution in [0.5, 0.6) is 0 Å². The van der Waals surface area contributed by atoms with Crippen LogP contribution in [0.4, 0.5) is 4.79 Å². The zero-order chi connectivity index (χ0) is 25.8. The Morgan fingerprint density at radius 1 is 0.879 bits per heavy atom. The molecule has 0 spiro atoms. The first-order valence-electron chi connectivity index (χ1n) is 10.4. The van der Waals surface area contributed by atoms with Crippen LogP contribution < -0.4 is 21.4 Å². The molecule has 0 aromatic rings. The van der Waals surface area contributed by atoms with Crippen LogP contribution in [0.2, 0.25) is 0 Å². The fraction of sp³-hybridized carbons (Fsp3) is 0.700. The minimum Gasteiger partial charge on any atom is -0.468 e. The number of alkyl carbamates (subject to hydrolysis) is 1. The molecule has 0 aromatic carbocycles. The van der Waals surface area contributed by atoms with E-state index in [4.69, 9.17) is 4.74 Å². The average molecular weight is 474 g/mol. The molecule has 0 saturated heterocycles. The number of rotatable bonds is 10. The molecule has 0 aromatic heterocycles. The molecule has 1 atom stereocenters. The van der Waals surface area contributed by atoms with Crippen LogP contribution in [0.25, 0.3) is 0 Å². The van der Waals surface area contributed by atoms with E-state index >= 15 is 0 Å². The lowest BCUT2D eigenvalue weighted by molar-refractivity contribution is -0.151. The summed E-state index contributed by atoms with van der Waals surface area (Å²) in [6.07, 6.45) is -0.806. The van der Waals surface area contributed by atoms with Gasteiger partial charge in [0.15, 0.2) is 0 Å². The van der Waals surface area contributed by atoms with E-state index in [2.05, 4.69) is 26.1 Å². The summed E-state index contributed by atoms with van der Waals surface area (Å²) in [7, 11) is 1.17. The molecular formula is C20H35N5O8. The first-order chi connectivity index (χ1) is 15.2. The molecule has 33 heavy (non-hydrogen) atoms. The second kappa shape index (κ2) is 13.9. The molecule has 0 radical (unpaired) electrons. The van der Waals surface area contributed by atoms with Crippen LogP contribution in [0.3, 0.4) is 0 Å². The van der Waals surface area contributed by atoms with Crippen LogP contribution in [-0.2, 0) is 33.4 Å². The van der Waals surface area contributed by atoms with Crippen molar-refractivity contribution in [1.29, 1.82) is 0 Å². The van der Waals surface area contributed by atoms with E-state index in [9.17, 15) is 28.8 Å². The Morgan fingerprint density at radius 3 is 1.94 bits per heavy atom. The highest BCUT2D eigenvalue weighted by Crippen LogP contribution is 2.11. The largest absolute Gasteiger partial charge is 0.468 e. The molecule has 4 N–H and O–H groups in total. The van der Waals surface area contributed by atoms with E-state index in [1.807, 2.05) is 0 Å². The smallest absolute Gasteiger partial charge is 0.408 e. The maximum absolute atomic E-state index is 12.6. The number of carbonyl (C=O) groups is 6. The number of nitrogens with zero attached hydrogens (tertiary/aromatic N) is 1. The highest BCUT2D eigenvalue weighted by molar-refractivity contribution is 5.92. The zero-order valence-corrected chi connectivity index (χ0v) is 20.2. The van der Waals surface area contributed by atoms with Gasteiger partial charge in [-0.05, 0) is 26.7 Å². The molecule has 0 bridgehead atoms. The van der Waals surface area contributed by atoms with Gasteiger partial charge in [-0.3, -0.25) is 29.4 Å². The molecule has 0 saturated carbocycles. The Labute approximate surface area is 193 Å². The minimum absolute atomic E-state index is 0.0139. The summed E-state index contributed by atoms with van der Waals surface area (Å²) < 4.78 is 9.47. The fourth-order valence-electron chi connectivity index (χ4n) is 2.39. The SMILES string of the molecule is CCC(=O)N(NC(=O)CNC(=O)CNC(=O)OC(C)(C)C)C(C(=O)NCC(=O)OC)C(C)C. The lowest BCUT2D eigenvalue weighted by atomic mass is 10.0. The molecule has 0 fully saturated rings. The monoisotopic (exact) mass is 473 g/mol. The van der Waals surface area contributed by atoms with Gasteiger partial charge in [-0.1, -0.05) is 20.8 Å². The third-order valence-electron chi connectivity index (χ3n) is 3.87. The van der Waals surface area contributed by atoms with E-state index in [0.29, 0.717) is 0 Å². The van der Waals surface area contributed by atoms with Crippen molar-refractivity contribution in [3.05, 3.63) is 0 Å². The minimum atomic E-state index is -1.12. The predicted molar refractivity (Wildman–Crippen MR) is 116 cm³/mol. The van der Waals surface area contributed by atoms with Gasteiger partial charge in [0.25, 0.3) is 5.91 Å². The number of carbonyl (C=O) groups excluding carboxylic acids is 6. The van der Waals surface area contributed by atoms with Crippen molar-refractivity contribution in [3.63, 3.8) is 0 Å². The summed E-state index contributed by atoms with van der Waals surface area (Å²) in [6.45, 7) is 8.53. The van der Waals surface area contributed by atoms with Crippen molar-refractivity contribution in [2.45, 2.75) is 59.6 Å². The highest BCUT2D eigenvalue weighted by atomic mass is 16.6. The van der Waals surface area contributed by atoms with Crippen molar-refractivity contribution in [2.24, 2.45) is 5.92 Å². The van der Waals surface area contributed by atoms with Gasteiger partial charge in [0.05, 0.1) is 13.7 Å². The first-order valence-corrected chi connectivity index (χ1v) is 10.4. The summed E-state index contributed by atoms with van der Waals surface area (Å²) in [5.74, 6) is -3.75. The summed E-state index contributed by atoms with van der Waals surface area (Å²) in [4.78, 5) is 72.1. The van der Waals surface area contributed by atoms with Gasteiger partial charge in [0.2, 0.25) is 17.7 Å². The highest BCUT2D eigenvalue weighted by Gasteiger charge is 2.33. The second-order valence-electron chi connectivity index (χ2n) is 8.27. The maximum Gasteiger partial charge on any atom is 0.408 e. The van der Waals surface area contributed by atoms with Crippen LogP contribution >= 0.6 is 0 Å². The summed E-state index contributed by atoms with van der Waals surface area (Å²) in [5, 5.41) is 7.77. The zero-order valence-electron chi connectivity index (χ0n) is 20.2. The van der Waals surface area contributed by atoms with Gasteiger partial charge in [0, 0.05) is 6.42 Å². The molecule has 188 valence electrons. The number of esters is 1. The van der Waals surface area contributed by atoms with Crippen molar-refractivity contribution in [1.82, 2.24) is 26.4 Å². The topological polar surface area (TPSA) is 172 Å². The number of amides is 5. The predicted octanol–water partition coefficient (Wildman–Crippen LogP) is -0.789. The van der Waals surface area contributed by atoms with E-state index < -0.39 is 72.9 Å². The molecule has 13 heteroatoms. The van der Waals surface area contributed by atoms with Gasteiger partial charge in [-0.15, -0.1) is 0 Å². The number of hydrogen-bond acceptors (Lipinski definition) is 8. The Kier molecular flexibility index (Phi) is 12.5. The summed E-state index contributed by atoms with van der Waals surface area (Å²) in [5.41, 5.74) is 1.59. The molecule has 0 aliphatic carbocycles. The van der Waals surface area contributed by atoms with Crippen LogP contribution in [0.1, 0.15) is 48.0 Å². The lowest BCUT2D eigenvalue weighted by Crippen LogP contribution is -2.60. The average Bonchev–Trinajstić information content (AvgIpc) is 2.71. The Bertz CT molecular complexity index is 732. The molecular weight excluding hydrogens is 438 g/mol. The van der Waals surface area contributed by atoms with Crippen molar-refractivity contribution in [3.8, 4) is 0 Å². The molecule has 0 aliphatic rings. The van der Waals surface area contributed by atoms with E-state index in [0.717, 1.165) is 5.01 Å². The summed E-state index contributed by atoms with van der Waals surface area (Å²) >= 11 is 0. The van der Waals surface area contributed by atoms with Crippen LogP contribution in [0.15, 0.2) is 0 Å². The van der Waals surface area contributed by atoms with Crippen molar-refractivity contribution in [2.75, 3.05) is 26.7 Å². The third kappa shape index (κ3) is 12.3. The maximum atomic E-state index is 12.6. The van der Waals surface area contributed by atoms with Gasteiger partial charge in [0.1, 0.15) is 24.7 Å². The second-order valence-corrected chi connectivity index (χ2v) is 8.27. The number of ether oxygens (including phenoxy) is 2. The summed E-state index contributed by atoms with van der Waals surface area (Å²) in [6, 6.07) is -1.12. The van der Waals surface area contributed by atoms with Crippen molar-refractivity contribution < 1.29 is 38.2 Å². The first kappa shape index (κ1) is 29.6. The fourth-order valence-corrected chi connectivity index (χ4v) is 2.39. The van der Waals surface area contributed by atoms with Crippen LogP contribution in [0, 0.1) is 5.92 Å². The molecule has 0 rings (SSSR count). The number of methoxy groups -OCH3 is 1. The molecule has 0 aliphatic heterocycles. The van der Waals surface area contributed by atoms with Crippen molar-refractivity contribution >= 4 is 35.7 Å². The van der Waals surface area contributed by atoms with Crippen LogP contribution in [-0.4, -0.2) is 79.1 Å². The quantitative estimate of drug-likeness (QED) is 0.236. The normalized spacial score (nSPS) is 11.6. The molecule has 1 unspecified atom stereocenters. The molecule has 5 amide bonds. The van der Waals surface area contributed by atoms with Gasteiger partial charge < -0.3 is 25.4 Å². The number of hydrogen-bond donors (Lipinski definition) is 4. The molecule has 13 nitrogen and oxygen atoms in total. The standard InChI is InChI=1S/C20H35N5O8/c1-8-15(28)25(17(12(2)3)18(30)22-11-16(29)32-7)24-14(27)10-21-13(26)9-23-19(31)33-20(4,5)6/h12,17H,8-11H2,1-7H3,(H,21,26)(H,22,30)(H,23,31)(H,24,27). The van der Waals surface area contributed by atoms with E-state index in [-0.39, 0.29) is 6.42 Å². The Hall–Kier alpha value is -3.38. The third-order valence-corrected chi connectivity index (χ3v) is 3.87. The van der Waals surface area contributed by atoms with E-state index in [1.54, 1.807) is 41.5 Å².